The summed E-state index contributed by atoms with van der Waals surface area (Å²) in [4.78, 5) is 0.349. The number of aryl methyl sites for hydroxylation is 1. The van der Waals surface area contributed by atoms with Crippen LogP contribution in [0.4, 0.5) is 4.39 Å². The van der Waals surface area contributed by atoms with Crippen molar-refractivity contribution in [2.75, 3.05) is 14.2 Å². The van der Waals surface area contributed by atoms with Crippen LogP contribution in [0.25, 0.3) is 0 Å². The molecule has 0 atom stereocenters. The fourth-order valence-electron chi connectivity index (χ4n) is 1.86. The predicted octanol–water partition coefficient (Wildman–Crippen LogP) is 2.65. The third-order valence-corrected chi connectivity index (χ3v) is 3.10. The number of rotatable bonds is 6. The first-order valence-electron chi connectivity index (χ1n) is 5.60. The van der Waals surface area contributed by atoms with Crippen LogP contribution in [0.2, 0.25) is 0 Å². The molecule has 0 aliphatic rings. The summed E-state index contributed by atoms with van der Waals surface area (Å²) in [5.74, 6) is -1.52. The van der Waals surface area contributed by atoms with Crippen LogP contribution in [0.1, 0.15) is 24.0 Å². The van der Waals surface area contributed by atoms with Gasteiger partial charge in [-0.1, -0.05) is 23.8 Å². The van der Waals surface area contributed by atoms with E-state index in [-0.39, 0.29) is 5.82 Å². The Kier molecular flexibility index (Phi) is 5.19. The molecule has 1 aromatic rings. The number of thiocarbonyl (C=S) groups is 1. The lowest BCUT2D eigenvalue weighted by molar-refractivity contribution is -0.220. The Balaban J connectivity index is 3.16. The van der Waals surface area contributed by atoms with E-state index in [1.165, 1.54) is 20.3 Å². The molecular formula is C13H18FNO2S. The number of ether oxygens (including phenoxy) is 2. The van der Waals surface area contributed by atoms with Gasteiger partial charge in [-0.25, -0.2) is 4.39 Å². The van der Waals surface area contributed by atoms with Crippen molar-refractivity contribution >= 4 is 17.2 Å². The molecule has 18 heavy (non-hydrogen) atoms. The first-order chi connectivity index (χ1) is 8.45. The summed E-state index contributed by atoms with van der Waals surface area (Å²) >= 11 is 4.84. The Hall–Kier alpha value is -1.04. The molecule has 1 rings (SSSR count). The molecule has 1 aromatic carbocycles. The largest absolute Gasteiger partial charge is 0.393 e. The number of halogens is 1. The highest BCUT2D eigenvalue weighted by Crippen LogP contribution is 2.33. The highest BCUT2D eigenvalue weighted by molar-refractivity contribution is 7.80. The van der Waals surface area contributed by atoms with Crippen molar-refractivity contribution in [3.05, 3.63) is 35.1 Å². The minimum absolute atomic E-state index is 0.349. The molecule has 3 nitrogen and oxygen atoms in total. The molecular weight excluding hydrogens is 253 g/mol. The van der Waals surface area contributed by atoms with Gasteiger partial charge in [0.1, 0.15) is 5.82 Å². The number of hydrogen-bond acceptors (Lipinski definition) is 3. The van der Waals surface area contributed by atoms with E-state index >= 15 is 0 Å². The maximum absolute atomic E-state index is 13.9. The maximum atomic E-state index is 13.9. The smallest absolute Gasteiger partial charge is 0.197 e. The molecule has 0 bridgehead atoms. The van der Waals surface area contributed by atoms with E-state index in [4.69, 9.17) is 27.4 Å². The first kappa shape index (κ1) is 15.0. The lowest BCUT2D eigenvalue weighted by atomic mass is 9.98. The molecule has 0 spiro atoms. The zero-order chi connectivity index (χ0) is 13.8. The lowest BCUT2D eigenvalue weighted by Gasteiger charge is -2.31. The molecule has 0 fully saturated rings. The summed E-state index contributed by atoms with van der Waals surface area (Å²) in [6, 6.07) is 4.81. The predicted molar refractivity (Wildman–Crippen MR) is 72.9 cm³/mol. The summed E-state index contributed by atoms with van der Waals surface area (Å²) in [5.41, 5.74) is 6.78. The summed E-state index contributed by atoms with van der Waals surface area (Å²) in [6.45, 7) is 1.88. The van der Waals surface area contributed by atoms with Gasteiger partial charge in [-0.2, -0.15) is 0 Å². The molecule has 0 saturated carbocycles. The second-order valence-corrected chi connectivity index (χ2v) is 4.64. The Morgan fingerprint density at radius 3 is 2.50 bits per heavy atom. The van der Waals surface area contributed by atoms with E-state index in [9.17, 15) is 4.39 Å². The summed E-state index contributed by atoms with van der Waals surface area (Å²) < 4.78 is 24.7. The van der Waals surface area contributed by atoms with Crippen molar-refractivity contribution in [1.29, 1.82) is 0 Å². The average Bonchev–Trinajstić information content (AvgIpc) is 2.35. The molecule has 0 aliphatic heterocycles. The van der Waals surface area contributed by atoms with Gasteiger partial charge >= 0.3 is 0 Å². The van der Waals surface area contributed by atoms with Gasteiger partial charge in [-0.15, -0.1) is 0 Å². The molecule has 0 heterocycles. The van der Waals surface area contributed by atoms with Crippen LogP contribution in [0.15, 0.2) is 18.2 Å². The van der Waals surface area contributed by atoms with Crippen LogP contribution in [0, 0.1) is 12.7 Å². The molecule has 0 amide bonds. The van der Waals surface area contributed by atoms with Crippen LogP contribution < -0.4 is 5.73 Å². The third-order valence-electron chi connectivity index (χ3n) is 2.89. The Morgan fingerprint density at radius 2 is 2.00 bits per heavy atom. The summed E-state index contributed by atoms with van der Waals surface area (Å²) in [6.07, 6.45) is 0.792. The van der Waals surface area contributed by atoms with Crippen LogP contribution in [-0.2, 0) is 15.3 Å². The van der Waals surface area contributed by atoms with E-state index in [0.717, 1.165) is 5.56 Å². The van der Waals surface area contributed by atoms with E-state index in [2.05, 4.69) is 0 Å². The van der Waals surface area contributed by atoms with E-state index in [1.807, 2.05) is 6.92 Å². The van der Waals surface area contributed by atoms with Crippen molar-refractivity contribution in [2.24, 2.45) is 5.73 Å². The zero-order valence-corrected chi connectivity index (χ0v) is 11.6. The number of benzene rings is 1. The first-order valence-corrected chi connectivity index (χ1v) is 6.01. The van der Waals surface area contributed by atoms with Crippen LogP contribution >= 0.6 is 12.2 Å². The molecule has 0 aliphatic carbocycles. The zero-order valence-electron chi connectivity index (χ0n) is 10.8. The SMILES string of the molecule is COC(CCC(N)=S)(OC)c1cc(C)ccc1F. The Bertz CT molecular complexity index is 433. The van der Waals surface area contributed by atoms with Gasteiger partial charge < -0.3 is 15.2 Å². The van der Waals surface area contributed by atoms with E-state index in [1.54, 1.807) is 12.1 Å². The highest BCUT2D eigenvalue weighted by atomic mass is 32.1. The Morgan fingerprint density at radius 1 is 1.39 bits per heavy atom. The minimum Gasteiger partial charge on any atom is -0.393 e. The third kappa shape index (κ3) is 3.25. The topological polar surface area (TPSA) is 44.5 Å². The molecule has 5 heteroatoms. The molecule has 2 N–H and O–H groups in total. The van der Waals surface area contributed by atoms with E-state index in [0.29, 0.717) is 23.4 Å². The number of methoxy groups -OCH3 is 2. The van der Waals surface area contributed by atoms with Crippen LogP contribution in [0.5, 0.6) is 0 Å². The van der Waals surface area contributed by atoms with Crippen LogP contribution in [-0.4, -0.2) is 19.2 Å². The second-order valence-electron chi connectivity index (χ2n) is 4.11. The standard InChI is InChI=1S/C13H18FNO2S/c1-9-4-5-11(14)10(8-9)13(16-2,17-3)7-6-12(15)18/h4-5,8H,6-7H2,1-3H3,(H2,15,18). The monoisotopic (exact) mass is 271 g/mol. The van der Waals surface area contributed by atoms with E-state index < -0.39 is 5.79 Å². The molecule has 0 radical (unpaired) electrons. The fourth-order valence-corrected chi connectivity index (χ4v) is 1.96. The lowest BCUT2D eigenvalue weighted by Crippen LogP contribution is -2.33. The van der Waals surface area contributed by atoms with Gasteiger partial charge in [-0.05, 0) is 19.1 Å². The van der Waals surface area contributed by atoms with Crippen molar-refractivity contribution in [1.82, 2.24) is 0 Å². The fraction of sp³-hybridized carbons (Fsp3) is 0.462. The van der Waals surface area contributed by atoms with Crippen molar-refractivity contribution in [3.8, 4) is 0 Å². The van der Waals surface area contributed by atoms with Gasteiger partial charge in [0, 0.05) is 32.6 Å². The van der Waals surface area contributed by atoms with Gasteiger partial charge in [0.15, 0.2) is 5.79 Å². The Labute approximate surface area is 112 Å². The van der Waals surface area contributed by atoms with Crippen LogP contribution in [0.3, 0.4) is 0 Å². The van der Waals surface area contributed by atoms with Gasteiger partial charge in [0.05, 0.1) is 4.99 Å². The summed E-state index contributed by atoms with van der Waals surface area (Å²) in [7, 11) is 2.95. The normalized spacial score (nSPS) is 11.6. The molecule has 0 saturated heterocycles. The van der Waals surface area contributed by atoms with Crippen molar-refractivity contribution in [3.63, 3.8) is 0 Å². The molecule has 0 unspecified atom stereocenters. The summed E-state index contributed by atoms with van der Waals surface area (Å²) in [5, 5.41) is 0. The minimum atomic E-state index is -1.15. The second kappa shape index (κ2) is 6.22. The average molecular weight is 271 g/mol. The maximum Gasteiger partial charge on any atom is 0.197 e. The number of nitrogens with two attached hydrogens (primary N) is 1. The van der Waals surface area contributed by atoms with Gasteiger partial charge in [-0.3, -0.25) is 0 Å². The quantitative estimate of drug-likeness (QED) is 0.638. The van der Waals surface area contributed by atoms with Gasteiger partial charge in [0.25, 0.3) is 0 Å². The highest BCUT2D eigenvalue weighted by Gasteiger charge is 2.34. The van der Waals surface area contributed by atoms with Gasteiger partial charge in [0.2, 0.25) is 0 Å². The van der Waals surface area contributed by atoms with Crippen molar-refractivity contribution in [2.45, 2.75) is 25.6 Å². The van der Waals surface area contributed by atoms with Crippen molar-refractivity contribution < 1.29 is 13.9 Å². The number of hydrogen-bond donors (Lipinski definition) is 1. The molecule has 0 aromatic heterocycles. The molecule has 100 valence electrons.